The van der Waals surface area contributed by atoms with E-state index in [-0.39, 0.29) is 12.4 Å². The number of nitrogens with one attached hydrogen (secondary N) is 2. The molecule has 2 N–H and O–H groups in total. The molecule has 2 amide bonds. The summed E-state index contributed by atoms with van der Waals surface area (Å²) in [5, 5.41) is 6.47. The lowest BCUT2D eigenvalue weighted by Gasteiger charge is -2.13. The maximum atomic E-state index is 13.8. The molecular weight excluding hydrogens is 469 g/mol. The quantitative estimate of drug-likeness (QED) is 0.265. The molecule has 0 saturated heterocycles. The van der Waals surface area contributed by atoms with Crippen molar-refractivity contribution in [3.8, 4) is 23.0 Å². The van der Waals surface area contributed by atoms with Gasteiger partial charge < -0.3 is 24.3 Å². The lowest BCUT2D eigenvalue weighted by molar-refractivity contribution is -0.136. The zero-order chi connectivity index (χ0) is 26.1. The zero-order valence-corrected chi connectivity index (χ0v) is 20.3. The number of hydrogen-bond acceptors (Lipinski definition) is 7. The average Bonchev–Trinajstić information content (AvgIpc) is 2.91. The highest BCUT2D eigenvalue weighted by Crippen LogP contribution is 2.30. The van der Waals surface area contributed by atoms with E-state index in [4.69, 9.17) is 18.9 Å². The number of carbonyl (C=O) groups is 2. The summed E-state index contributed by atoms with van der Waals surface area (Å²) < 4.78 is 35.2. The van der Waals surface area contributed by atoms with Crippen molar-refractivity contribution in [1.29, 1.82) is 0 Å². The molecule has 3 aromatic rings. The summed E-state index contributed by atoms with van der Waals surface area (Å²) in [6, 6.07) is 16.1. The van der Waals surface area contributed by atoms with E-state index in [2.05, 4.69) is 15.8 Å². The third-order valence-corrected chi connectivity index (χ3v) is 5.11. The molecule has 0 spiro atoms. The van der Waals surface area contributed by atoms with Crippen molar-refractivity contribution in [3.05, 3.63) is 77.6 Å². The second-order valence-corrected chi connectivity index (χ2v) is 7.40. The molecule has 0 aliphatic heterocycles. The minimum atomic E-state index is -0.968. The molecule has 0 heterocycles. The molecular formula is C26H26FN3O6. The summed E-state index contributed by atoms with van der Waals surface area (Å²) in [5.74, 6) is -0.578. The molecule has 0 radical (unpaired) electrons. The monoisotopic (exact) mass is 495 g/mol. The van der Waals surface area contributed by atoms with E-state index in [1.165, 1.54) is 27.4 Å². The van der Waals surface area contributed by atoms with Gasteiger partial charge in [0.05, 0.1) is 32.7 Å². The lowest BCUT2D eigenvalue weighted by atomic mass is 10.1. The van der Waals surface area contributed by atoms with Crippen molar-refractivity contribution in [3.63, 3.8) is 0 Å². The van der Waals surface area contributed by atoms with Crippen molar-refractivity contribution in [2.24, 2.45) is 5.10 Å². The summed E-state index contributed by atoms with van der Waals surface area (Å²) in [6.45, 7) is 1.68. The number of hydrazone groups is 1. The normalized spacial score (nSPS) is 10.9. The summed E-state index contributed by atoms with van der Waals surface area (Å²) in [6.07, 6.45) is 0. The molecule has 0 atom stereocenters. The molecule has 0 saturated carbocycles. The van der Waals surface area contributed by atoms with Crippen LogP contribution in [0.15, 0.2) is 65.8 Å². The zero-order valence-electron chi connectivity index (χ0n) is 20.3. The second-order valence-electron chi connectivity index (χ2n) is 7.40. The number of methoxy groups -OCH3 is 3. The van der Waals surface area contributed by atoms with E-state index in [9.17, 15) is 14.0 Å². The molecule has 3 aromatic carbocycles. The van der Waals surface area contributed by atoms with Crippen LogP contribution in [0.1, 0.15) is 18.1 Å². The summed E-state index contributed by atoms with van der Waals surface area (Å²) in [4.78, 5) is 24.6. The smallest absolute Gasteiger partial charge is 0.329 e. The topological polar surface area (TPSA) is 107 Å². The Balaban J connectivity index is 1.64. The summed E-state index contributed by atoms with van der Waals surface area (Å²) >= 11 is 0. The highest BCUT2D eigenvalue weighted by molar-refractivity contribution is 6.39. The van der Waals surface area contributed by atoms with Crippen molar-refractivity contribution in [2.45, 2.75) is 13.5 Å². The van der Waals surface area contributed by atoms with Crippen LogP contribution in [0.3, 0.4) is 0 Å². The largest absolute Gasteiger partial charge is 0.497 e. The number of carbonyl (C=O) groups excluding carboxylic acids is 2. The van der Waals surface area contributed by atoms with E-state index < -0.39 is 11.8 Å². The standard InChI is InChI=1S/C26H26FN3O6/c1-16(29-30-26(32)25(31)28-21-11-10-19(33-2)14-23(21)34-3)17-9-12-22(24(13-17)35-4)36-15-18-7-5-6-8-20(18)27/h5-14H,15H2,1-4H3,(H,28,31)(H,30,32)/b29-16+. The Labute approximate surface area is 207 Å². The first-order valence-electron chi connectivity index (χ1n) is 10.8. The third kappa shape index (κ3) is 6.50. The molecule has 36 heavy (non-hydrogen) atoms. The summed E-state index contributed by atoms with van der Waals surface area (Å²) in [7, 11) is 4.41. The van der Waals surface area contributed by atoms with E-state index in [0.717, 1.165) is 0 Å². The molecule has 0 bridgehead atoms. The van der Waals surface area contributed by atoms with Gasteiger partial charge in [-0.3, -0.25) is 9.59 Å². The number of rotatable bonds is 9. The van der Waals surface area contributed by atoms with Crippen molar-refractivity contribution < 1.29 is 32.9 Å². The number of anilines is 1. The molecule has 0 aliphatic rings. The van der Waals surface area contributed by atoms with Crippen LogP contribution in [0.2, 0.25) is 0 Å². The van der Waals surface area contributed by atoms with Gasteiger partial charge >= 0.3 is 11.8 Å². The van der Waals surface area contributed by atoms with Gasteiger partial charge in [-0.05, 0) is 43.3 Å². The van der Waals surface area contributed by atoms with Crippen LogP contribution < -0.4 is 29.7 Å². The van der Waals surface area contributed by atoms with Crippen molar-refractivity contribution in [2.75, 3.05) is 26.6 Å². The van der Waals surface area contributed by atoms with Crippen LogP contribution in [0, 0.1) is 5.82 Å². The Morgan fingerprint density at radius 2 is 1.61 bits per heavy atom. The SMILES string of the molecule is COc1ccc(NC(=O)C(=O)N/N=C(\C)c2ccc(OCc3ccccc3F)c(OC)c2)c(OC)c1. The predicted octanol–water partition coefficient (Wildman–Crippen LogP) is 3.91. The minimum absolute atomic E-state index is 0.0274. The van der Waals surface area contributed by atoms with Crippen LogP contribution in [0.25, 0.3) is 0 Å². The number of amides is 2. The van der Waals surface area contributed by atoms with E-state index in [1.807, 2.05) is 0 Å². The van der Waals surface area contributed by atoms with Gasteiger partial charge in [0.25, 0.3) is 0 Å². The van der Waals surface area contributed by atoms with Gasteiger partial charge in [-0.1, -0.05) is 18.2 Å². The molecule has 0 unspecified atom stereocenters. The van der Waals surface area contributed by atoms with Gasteiger partial charge in [0.1, 0.15) is 23.9 Å². The first-order valence-corrected chi connectivity index (χ1v) is 10.8. The molecule has 0 fully saturated rings. The highest BCUT2D eigenvalue weighted by Gasteiger charge is 2.16. The molecule has 0 aromatic heterocycles. The number of ether oxygens (including phenoxy) is 4. The number of nitrogens with zero attached hydrogens (tertiary/aromatic N) is 1. The Morgan fingerprint density at radius 1 is 0.861 bits per heavy atom. The fourth-order valence-corrected chi connectivity index (χ4v) is 3.11. The second kappa shape index (κ2) is 12.2. The van der Waals surface area contributed by atoms with Gasteiger partial charge in [0.15, 0.2) is 11.5 Å². The van der Waals surface area contributed by atoms with Crippen LogP contribution in [-0.4, -0.2) is 38.9 Å². The molecule has 10 heteroatoms. The van der Waals surface area contributed by atoms with Crippen LogP contribution in [-0.2, 0) is 16.2 Å². The average molecular weight is 496 g/mol. The Bertz CT molecular complexity index is 1280. The van der Waals surface area contributed by atoms with Crippen LogP contribution >= 0.6 is 0 Å². The maximum absolute atomic E-state index is 13.8. The molecule has 3 rings (SSSR count). The van der Waals surface area contributed by atoms with Crippen LogP contribution in [0.4, 0.5) is 10.1 Å². The number of hydrogen-bond donors (Lipinski definition) is 2. The fraction of sp³-hybridized carbons (Fsp3) is 0.192. The Kier molecular flexibility index (Phi) is 8.82. The minimum Gasteiger partial charge on any atom is -0.497 e. The Hall–Kier alpha value is -4.60. The van der Waals surface area contributed by atoms with E-state index >= 15 is 0 Å². The first-order chi connectivity index (χ1) is 17.4. The van der Waals surface area contributed by atoms with E-state index in [1.54, 1.807) is 61.5 Å². The molecule has 0 aliphatic carbocycles. The Morgan fingerprint density at radius 3 is 2.31 bits per heavy atom. The van der Waals surface area contributed by atoms with Gasteiger partial charge in [-0.25, -0.2) is 9.82 Å². The van der Waals surface area contributed by atoms with E-state index in [0.29, 0.717) is 45.5 Å². The van der Waals surface area contributed by atoms with Crippen molar-refractivity contribution in [1.82, 2.24) is 5.43 Å². The van der Waals surface area contributed by atoms with Gasteiger partial charge in [-0.2, -0.15) is 5.10 Å². The molecule has 9 nitrogen and oxygen atoms in total. The van der Waals surface area contributed by atoms with Crippen LogP contribution in [0.5, 0.6) is 23.0 Å². The first kappa shape index (κ1) is 26.0. The maximum Gasteiger partial charge on any atom is 0.329 e. The summed E-state index contributed by atoms with van der Waals surface area (Å²) in [5.41, 5.74) is 3.96. The predicted molar refractivity (Wildman–Crippen MR) is 132 cm³/mol. The molecule has 188 valence electrons. The fourth-order valence-electron chi connectivity index (χ4n) is 3.11. The van der Waals surface area contributed by atoms with Gasteiger partial charge in [-0.15, -0.1) is 0 Å². The lowest BCUT2D eigenvalue weighted by Crippen LogP contribution is -2.33. The van der Waals surface area contributed by atoms with Gasteiger partial charge in [0.2, 0.25) is 0 Å². The van der Waals surface area contributed by atoms with Crippen molar-refractivity contribution >= 4 is 23.2 Å². The number of halogens is 1. The highest BCUT2D eigenvalue weighted by atomic mass is 19.1. The number of benzene rings is 3. The third-order valence-electron chi connectivity index (χ3n) is 5.11. The van der Waals surface area contributed by atoms with Gasteiger partial charge in [0, 0.05) is 17.2 Å².